The summed E-state index contributed by atoms with van der Waals surface area (Å²) in [5.41, 5.74) is 1.00. The van der Waals surface area contributed by atoms with Crippen molar-refractivity contribution >= 4 is 29.8 Å². The predicted molar refractivity (Wildman–Crippen MR) is 107 cm³/mol. The molecule has 0 radical (unpaired) electrons. The van der Waals surface area contributed by atoms with E-state index in [9.17, 15) is 4.79 Å². The second-order valence-electron chi connectivity index (χ2n) is 6.79. The van der Waals surface area contributed by atoms with Crippen molar-refractivity contribution in [2.24, 2.45) is 5.92 Å². The van der Waals surface area contributed by atoms with Gasteiger partial charge in [-0.2, -0.15) is 4.68 Å². The Hall–Kier alpha value is -1.70. The van der Waals surface area contributed by atoms with Crippen LogP contribution in [-0.4, -0.2) is 40.0 Å². The van der Waals surface area contributed by atoms with Crippen LogP contribution in [0.2, 0.25) is 5.02 Å². The summed E-state index contributed by atoms with van der Waals surface area (Å²) in [6.45, 7) is 7.67. The quantitative estimate of drug-likeness (QED) is 0.588. The van der Waals surface area contributed by atoms with Gasteiger partial charge in [0.25, 0.3) is 0 Å². The molecule has 0 spiro atoms. The highest BCUT2D eigenvalue weighted by Crippen LogP contribution is 2.20. The first-order valence-electron chi connectivity index (χ1n) is 9.47. The minimum atomic E-state index is -0.0616. The molecule has 1 aliphatic rings. The zero-order valence-electron chi connectivity index (χ0n) is 15.8. The molecule has 0 unspecified atom stereocenters. The lowest BCUT2D eigenvalue weighted by Gasteiger charge is -2.27. The van der Waals surface area contributed by atoms with Crippen LogP contribution in [0.15, 0.2) is 24.3 Å². The van der Waals surface area contributed by atoms with Gasteiger partial charge in [-0.25, -0.2) is 0 Å². The van der Waals surface area contributed by atoms with Gasteiger partial charge in [-0.1, -0.05) is 11.6 Å². The number of likely N-dealkylation sites (tertiary alicyclic amines) is 1. The van der Waals surface area contributed by atoms with Crippen LogP contribution in [0.3, 0.4) is 0 Å². The average molecular weight is 410 g/mol. The fourth-order valence-electron chi connectivity index (χ4n) is 3.53. The maximum Gasteiger partial charge on any atom is 0.309 e. The lowest BCUT2D eigenvalue weighted by molar-refractivity contribution is -0.929. The SMILES string of the molecule is CCOC(=O)C1CC[NH+](Cn2nc(-c3ccc(Cl)cc3)n(CC)c2=S)CC1. The number of esters is 1. The van der Waals surface area contributed by atoms with Crippen molar-refractivity contribution in [3.8, 4) is 11.4 Å². The minimum absolute atomic E-state index is 0.0273. The summed E-state index contributed by atoms with van der Waals surface area (Å²) >= 11 is 11.7. The molecule has 8 heteroatoms. The summed E-state index contributed by atoms with van der Waals surface area (Å²) < 4.78 is 9.82. The van der Waals surface area contributed by atoms with Gasteiger partial charge in [-0.15, -0.1) is 5.10 Å². The maximum atomic E-state index is 11.9. The van der Waals surface area contributed by atoms with Gasteiger partial charge in [-0.05, 0) is 50.3 Å². The largest absolute Gasteiger partial charge is 0.466 e. The van der Waals surface area contributed by atoms with Gasteiger partial charge in [-0.3, -0.25) is 4.79 Å². The van der Waals surface area contributed by atoms with Crippen molar-refractivity contribution in [2.75, 3.05) is 19.7 Å². The molecule has 1 aliphatic heterocycles. The van der Waals surface area contributed by atoms with Crippen molar-refractivity contribution < 1.29 is 14.4 Å². The first kappa shape index (κ1) is 20.0. The number of hydrogen-bond acceptors (Lipinski definition) is 4. The molecule has 27 heavy (non-hydrogen) atoms. The van der Waals surface area contributed by atoms with Crippen LogP contribution in [0.25, 0.3) is 11.4 Å². The zero-order valence-corrected chi connectivity index (χ0v) is 17.4. The van der Waals surface area contributed by atoms with E-state index in [0.717, 1.165) is 48.6 Å². The van der Waals surface area contributed by atoms with Crippen LogP contribution in [-0.2, 0) is 22.7 Å². The number of carbonyl (C=O) groups is 1. The van der Waals surface area contributed by atoms with Crippen LogP contribution >= 0.6 is 23.8 Å². The third-order valence-electron chi connectivity index (χ3n) is 5.03. The Bertz CT molecular complexity index is 838. The summed E-state index contributed by atoms with van der Waals surface area (Å²) in [6, 6.07) is 7.66. The molecule has 0 aliphatic carbocycles. The van der Waals surface area contributed by atoms with Crippen molar-refractivity contribution in [1.29, 1.82) is 0 Å². The number of ether oxygens (including phenoxy) is 1. The van der Waals surface area contributed by atoms with Gasteiger partial charge < -0.3 is 14.2 Å². The molecular formula is C19H26ClN4O2S+. The highest BCUT2D eigenvalue weighted by molar-refractivity contribution is 7.71. The first-order valence-corrected chi connectivity index (χ1v) is 10.3. The summed E-state index contributed by atoms with van der Waals surface area (Å²) in [6.07, 6.45) is 1.69. The van der Waals surface area contributed by atoms with Crippen molar-refractivity contribution in [2.45, 2.75) is 39.9 Å². The van der Waals surface area contributed by atoms with E-state index >= 15 is 0 Å². The van der Waals surface area contributed by atoms with Gasteiger partial charge in [0.2, 0.25) is 4.77 Å². The standard InChI is InChI=1S/C19H25ClN4O2S/c1-3-23-17(14-5-7-16(20)8-6-14)21-24(19(23)27)13-22-11-9-15(10-12-22)18(25)26-4-2/h5-8,15H,3-4,9-13H2,1-2H3/p+1. The van der Waals surface area contributed by atoms with Gasteiger partial charge in [0, 0.05) is 30.0 Å². The number of nitrogens with one attached hydrogen (secondary N) is 1. The lowest BCUT2D eigenvalue weighted by Crippen LogP contribution is -3.12. The topological polar surface area (TPSA) is 53.5 Å². The van der Waals surface area contributed by atoms with Crippen LogP contribution in [0.1, 0.15) is 26.7 Å². The van der Waals surface area contributed by atoms with E-state index in [1.807, 2.05) is 40.4 Å². The average Bonchev–Trinajstić information content (AvgIpc) is 2.98. The van der Waals surface area contributed by atoms with Gasteiger partial charge >= 0.3 is 5.97 Å². The minimum Gasteiger partial charge on any atom is -0.466 e. The fraction of sp³-hybridized carbons (Fsp3) is 0.526. The number of benzene rings is 1. The number of carbonyl (C=O) groups excluding carboxylic acids is 1. The van der Waals surface area contributed by atoms with Gasteiger partial charge in [0.1, 0.15) is 0 Å². The van der Waals surface area contributed by atoms with Crippen LogP contribution in [0, 0.1) is 10.7 Å². The molecule has 146 valence electrons. The Balaban J connectivity index is 1.72. The van der Waals surface area contributed by atoms with Gasteiger partial charge in [0.15, 0.2) is 12.5 Å². The van der Waals surface area contributed by atoms with Crippen LogP contribution < -0.4 is 4.90 Å². The summed E-state index contributed by atoms with van der Waals surface area (Å²) in [7, 11) is 0. The molecule has 2 heterocycles. The summed E-state index contributed by atoms with van der Waals surface area (Å²) in [5, 5.41) is 5.48. The Kier molecular flexibility index (Phi) is 6.68. The molecular weight excluding hydrogens is 384 g/mol. The number of nitrogens with zero attached hydrogens (tertiary/aromatic N) is 3. The number of aromatic nitrogens is 3. The molecule has 1 saturated heterocycles. The molecule has 1 aromatic heterocycles. The molecule has 6 nitrogen and oxygen atoms in total. The Morgan fingerprint density at radius 3 is 2.56 bits per heavy atom. The Labute approximate surface area is 169 Å². The number of rotatable bonds is 6. The normalized spacial score (nSPS) is 19.8. The molecule has 0 amide bonds. The third-order valence-corrected chi connectivity index (χ3v) is 5.71. The van der Waals surface area contributed by atoms with Gasteiger partial charge in [0.05, 0.1) is 25.6 Å². The van der Waals surface area contributed by atoms with E-state index in [-0.39, 0.29) is 11.9 Å². The molecule has 0 bridgehead atoms. The number of hydrogen-bond donors (Lipinski definition) is 1. The van der Waals surface area contributed by atoms with Crippen molar-refractivity contribution in [3.63, 3.8) is 0 Å². The molecule has 1 aromatic carbocycles. The Morgan fingerprint density at radius 1 is 1.30 bits per heavy atom. The van der Waals surface area contributed by atoms with E-state index in [4.69, 9.17) is 33.7 Å². The molecule has 0 saturated carbocycles. The Morgan fingerprint density at radius 2 is 1.96 bits per heavy atom. The maximum absolute atomic E-state index is 11.9. The van der Waals surface area contributed by atoms with Crippen molar-refractivity contribution in [3.05, 3.63) is 34.1 Å². The summed E-state index contributed by atoms with van der Waals surface area (Å²) in [5.74, 6) is 0.827. The molecule has 2 aromatic rings. The van der Waals surface area contributed by atoms with Crippen LogP contribution in [0.5, 0.6) is 0 Å². The first-order chi connectivity index (χ1) is 13.0. The second-order valence-corrected chi connectivity index (χ2v) is 7.59. The molecule has 1 N–H and O–H groups in total. The second kappa shape index (κ2) is 8.99. The van der Waals surface area contributed by atoms with E-state index in [0.29, 0.717) is 18.3 Å². The summed E-state index contributed by atoms with van der Waals surface area (Å²) in [4.78, 5) is 13.3. The van der Waals surface area contributed by atoms with E-state index in [1.54, 1.807) is 0 Å². The zero-order chi connectivity index (χ0) is 19.4. The molecule has 1 fully saturated rings. The van der Waals surface area contributed by atoms with Crippen LogP contribution in [0.4, 0.5) is 0 Å². The molecule has 3 rings (SSSR count). The third kappa shape index (κ3) is 4.59. The number of piperidine rings is 1. The predicted octanol–water partition coefficient (Wildman–Crippen LogP) is 2.57. The highest BCUT2D eigenvalue weighted by atomic mass is 35.5. The van der Waals surface area contributed by atoms with Crippen molar-refractivity contribution in [1.82, 2.24) is 14.3 Å². The fourth-order valence-corrected chi connectivity index (χ4v) is 3.98. The number of halogens is 1. The lowest BCUT2D eigenvalue weighted by atomic mass is 9.97. The van der Waals surface area contributed by atoms with E-state index in [1.165, 1.54) is 4.90 Å². The van der Waals surface area contributed by atoms with E-state index in [2.05, 4.69) is 6.92 Å². The highest BCUT2D eigenvalue weighted by Gasteiger charge is 2.29. The molecule has 0 atom stereocenters. The smallest absolute Gasteiger partial charge is 0.309 e. The van der Waals surface area contributed by atoms with E-state index < -0.39 is 0 Å². The monoisotopic (exact) mass is 409 g/mol. The number of quaternary nitrogens is 1.